The number of carbonyl (C=O) groups is 3. The standard InChI is InChI=1S/C15H29N3O4/c1-10(2)7-12(15(16)21)18(5)14(20)9-17(4)13(19)8-11(3)22-6/h10-12H,7-9H2,1-6H3,(H2,16,21)/t11-,12+/m1/s1. The predicted molar refractivity (Wildman–Crippen MR) is 83.9 cm³/mol. The van der Waals surface area contributed by atoms with Crippen LogP contribution in [0.2, 0.25) is 0 Å². The second-order valence-electron chi connectivity index (χ2n) is 6.05. The fourth-order valence-corrected chi connectivity index (χ4v) is 1.97. The minimum atomic E-state index is -0.658. The second-order valence-corrected chi connectivity index (χ2v) is 6.05. The first kappa shape index (κ1) is 20.4. The Bertz CT molecular complexity index is 398. The van der Waals surface area contributed by atoms with E-state index in [1.807, 2.05) is 13.8 Å². The molecule has 0 heterocycles. The van der Waals surface area contributed by atoms with Gasteiger partial charge >= 0.3 is 0 Å². The topological polar surface area (TPSA) is 92.9 Å². The first-order valence-corrected chi connectivity index (χ1v) is 7.41. The molecule has 7 nitrogen and oxygen atoms in total. The molecule has 0 aromatic heterocycles. The van der Waals surface area contributed by atoms with Crippen molar-refractivity contribution in [2.24, 2.45) is 11.7 Å². The highest BCUT2D eigenvalue weighted by atomic mass is 16.5. The van der Waals surface area contributed by atoms with Crippen molar-refractivity contribution < 1.29 is 19.1 Å². The maximum absolute atomic E-state index is 12.2. The molecule has 0 spiro atoms. The lowest BCUT2D eigenvalue weighted by Crippen LogP contribution is -2.49. The largest absolute Gasteiger partial charge is 0.381 e. The number of likely N-dealkylation sites (N-methyl/N-ethyl adjacent to an activating group) is 2. The lowest BCUT2D eigenvalue weighted by Gasteiger charge is -2.29. The van der Waals surface area contributed by atoms with E-state index in [0.29, 0.717) is 6.42 Å². The Balaban J connectivity index is 4.67. The van der Waals surface area contributed by atoms with Crippen LogP contribution < -0.4 is 5.73 Å². The molecule has 0 unspecified atom stereocenters. The van der Waals surface area contributed by atoms with Gasteiger partial charge in [0.25, 0.3) is 0 Å². The van der Waals surface area contributed by atoms with Crippen LogP contribution in [0.4, 0.5) is 0 Å². The van der Waals surface area contributed by atoms with E-state index in [0.717, 1.165) is 0 Å². The zero-order valence-corrected chi connectivity index (χ0v) is 14.5. The second kappa shape index (κ2) is 9.40. The average molecular weight is 315 g/mol. The van der Waals surface area contributed by atoms with Gasteiger partial charge in [0.1, 0.15) is 6.04 Å². The quantitative estimate of drug-likeness (QED) is 0.659. The number of hydrogen-bond acceptors (Lipinski definition) is 4. The van der Waals surface area contributed by atoms with Gasteiger partial charge in [-0.2, -0.15) is 0 Å². The molecule has 0 aliphatic heterocycles. The number of nitrogens with zero attached hydrogens (tertiary/aromatic N) is 2. The fraction of sp³-hybridized carbons (Fsp3) is 0.800. The molecule has 0 aliphatic carbocycles. The van der Waals surface area contributed by atoms with E-state index in [-0.39, 0.29) is 36.8 Å². The first-order valence-electron chi connectivity index (χ1n) is 7.41. The number of methoxy groups -OCH3 is 1. The lowest BCUT2D eigenvalue weighted by molar-refractivity contribution is -0.143. The third kappa shape index (κ3) is 6.89. The minimum absolute atomic E-state index is 0.0896. The molecule has 0 aromatic carbocycles. The summed E-state index contributed by atoms with van der Waals surface area (Å²) in [7, 11) is 4.62. The van der Waals surface area contributed by atoms with Crippen molar-refractivity contribution in [3.63, 3.8) is 0 Å². The van der Waals surface area contributed by atoms with Gasteiger partial charge in [-0.15, -0.1) is 0 Å². The molecule has 0 saturated heterocycles. The number of amides is 3. The van der Waals surface area contributed by atoms with Crippen LogP contribution in [0, 0.1) is 5.92 Å². The number of carbonyl (C=O) groups excluding carboxylic acids is 3. The van der Waals surface area contributed by atoms with E-state index in [2.05, 4.69) is 0 Å². The SMILES string of the molecule is CO[C@H](C)CC(=O)N(C)CC(=O)N(C)[C@@H](CC(C)C)C(N)=O. The Morgan fingerprint density at radius 3 is 2.05 bits per heavy atom. The van der Waals surface area contributed by atoms with Crippen LogP contribution in [0.1, 0.15) is 33.6 Å². The monoisotopic (exact) mass is 315 g/mol. The molecular formula is C15H29N3O4. The van der Waals surface area contributed by atoms with Crippen molar-refractivity contribution in [1.82, 2.24) is 9.80 Å². The van der Waals surface area contributed by atoms with Crippen molar-refractivity contribution >= 4 is 17.7 Å². The number of nitrogens with two attached hydrogens (primary N) is 1. The van der Waals surface area contributed by atoms with Crippen molar-refractivity contribution in [2.45, 2.75) is 45.8 Å². The minimum Gasteiger partial charge on any atom is -0.381 e. The van der Waals surface area contributed by atoms with Crippen LogP contribution >= 0.6 is 0 Å². The average Bonchev–Trinajstić information content (AvgIpc) is 2.42. The summed E-state index contributed by atoms with van der Waals surface area (Å²) in [6, 6.07) is -0.658. The van der Waals surface area contributed by atoms with E-state index >= 15 is 0 Å². The molecule has 3 amide bonds. The van der Waals surface area contributed by atoms with Crippen molar-refractivity contribution in [3.05, 3.63) is 0 Å². The molecule has 0 fully saturated rings. The summed E-state index contributed by atoms with van der Waals surface area (Å²) in [6.07, 6.45) is 0.493. The van der Waals surface area contributed by atoms with Crippen LogP contribution in [-0.2, 0) is 19.1 Å². The lowest BCUT2D eigenvalue weighted by atomic mass is 10.0. The van der Waals surface area contributed by atoms with E-state index in [9.17, 15) is 14.4 Å². The maximum atomic E-state index is 12.2. The molecule has 0 aromatic rings. The highest BCUT2D eigenvalue weighted by Gasteiger charge is 2.27. The van der Waals surface area contributed by atoms with Crippen LogP contribution in [0.5, 0.6) is 0 Å². The normalized spacial score (nSPS) is 13.6. The Morgan fingerprint density at radius 2 is 1.64 bits per heavy atom. The van der Waals surface area contributed by atoms with Gasteiger partial charge in [-0.25, -0.2) is 0 Å². The first-order chi connectivity index (χ1) is 10.1. The molecular weight excluding hydrogens is 286 g/mol. The number of hydrogen-bond donors (Lipinski definition) is 1. The third-order valence-corrected chi connectivity index (χ3v) is 3.55. The Kier molecular flexibility index (Phi) is 8.70. The van der Waals surface area contributed by atoms with Gasteiger partial charge in [0.05, 0.1) is 19.1 Å². The van der Waals surface area contributed by atoms with Gasteiger partial charge < -0.3 is 20.3 Å². The molecule has 128 valence electrons. The summed E-state index contributed by atoms with van der Waals surface area (Å²) >= 11 is 0. The zero-order valence-electron chi connectivity index (χ0n) is 14.5. The van der Waals surface area contributed by atoms with Gasteiger partial charge in [-0.3, -0.25) is 14.4 Å². The number of ether oxygens (including phenoxy) is 1. The Morgan fingerprint density at radius 1 is 1.09 bits per heavy atom. The molecule has 2 atom stereocenters. The molecule has 0 saturated carbocycles. The smallest absolute Gasteiger partial charge is 0.242 e. The molecule has 2 N–H and O–H groups in total. The summed E-state index contributed by atoms with van der Waals surface area (Å²) in [5.41, 5.74) is 5.37. The van der Waals surface area contributed by atoms with Crippen molar-refractivity contribution in [3.8, 4) is 0 Å². The molecule has 0 aliphatic rings. The van der Waals surface area contributed by atoms with Gasteiger partial charge in [-0.05, 0) is 19.3 Å². The highest BCUT2D eigenvalue weighted by Crippen LogP contribution is 2.11. The summed E-state index contributed by atoms with van der Waals surface area (Å²) in [5, 5.41) is 0. The molecule has 7 heteroatoms. The summed E-state index contributed by atoms with van der Waals surface area (Å²) < 4.78 is 5.03. The van der Waals surface area contributed by atoms with Crippen LogP contribution in [0.15, 0.2) is 0 Å². The van der Waals surface area contributed by atoms with Crippen molar-refractivity contribution in [1.29, 1.82) is 0 Å². The van der Waals surface area contributed by atoms with E-state index in [1.54, 1.807) is 14.0 Å². The summed E-state index contributed by atoms with van der Waals surface area (Å²) in [6.45, 7) is 5.60. The third-order valence-electron chi connectivity index (χ3n) is 3.55. The zero-order chi connectivity index (χ0) is 17.4. The highest BCUT2D eigenvalue weighted by molar-refractivity contribution is 5.89. The van der Waals surface area contributed by atoms with Gasteiger partial charge in [-0.1, -0.05) is 13.8 Å². The van der Waals surface area contributed by atoms with Crippen molar-refractivity contribution in [2.75, 3.05) is 27.7 Å². The van der Waals surface area contributed by atoms with E-state index in [4.69, 9.17) is 10.5 Å². The van der Waals surface area contributed by atoms with Crippen LogP contribution in [-0.4, -0.2) is 67.4 Å². The molecule has 0 rings (SSSR count). The number of primary amides is 1. The molecule has 22 heavy (non-hydrogen) atoms. The Hall–Kier alpha value is -1.63. The van der Waals surface area contributed by atoms with E-state index < -0.39 is 11.9 Å². The van der Waals surface area contributed by atoms with Crippen LogP contribution in [0.3, 0.4) is 0 Å². The van der Waals surface area contributed by atoms with Crippen LogP contribution in [0.25, 0.3) is 0 Å². The van der Waals surface area contributed by atoms with E-state index in [1.165, 1.54) is 24.0 Å². The molecule has 0 bridgehead atoms. The Labute approximate surface area is 132 Å². The number of rotatable bonds is 9. The van der Waals surface area contributed by atoms with Gasteiger partial charge in [0.15, 0.2) is 0 Å². The summed E-state index contributed by atoms with van der Waals surface area (Å²) in [4.78, 5) is 38.3. The van der Waals surface area contributed by atoms with Gasteiger partial charge in [0, 0.05) is 21.2 Å². The fourth-order valence-electron chi connectivity index (χ4n) is 1.97. The maximum Gasteiger partial charge on any atom is 0.242 e. The summed E-state index contributed by atoms with van der Waals surface area (Å²) in [5.74, 6) is -0.804. The predicted octanol–water partition coefficient (Wildman–Crippen LogP) is 0.228. The molecule has 0 radical (unpaired) electrons. The van der Waals surface area contributed by atoms with Gasteiger partial charge in [0.2, 0.25) is 17.7 Å².